The zero-order valence-corrected chi connectivity index (χ0v) is 22.7. The predicted octanol–water partition coefficient (Wildman–Crippen LogP) is 3.73. The second-order valence-corrected chi connectivity index (χ2v) is 10.9. The van der Waals surface area contributed by atoms with Gasteiger partial charge in [0.05, 0.1) is 0 Å². The van der Waals surface area contributed by atoms with Crippen molar-refractivity contribution in [2.75, 3.05) is 26.2 Å². The zero-order chi connectivity index (χ0) is 27.8. The van der Waals surface area contributed by atoms with Gasteiger partial charge in [0.25, 0.3) is 11.8 Å². The van der Waals surface area contributed by atoms with Crippen molar-refractivity contribution < 1.29 is 19.2 Å². The Balaban J connectivity index is 1.09. The van der Waals surface area contributed by atoms with E-state index in [4.69, 9.17) is 11.6 Å². The van der Waals surface area contributed by atoms with Crippen molar-refractivity contribution in [3.05, 3.63) is 94.0 Å². The van der Waals surface area contributed by atoms with Crippen molar-refractivity contribution in [2.24, 2.45) is 0 Å². The Labute approximate surface area is 237 Å². The highest BCUT2D eigenvalue weighted by molar-refractivity contribution is 6.30. The highest BCUT2D eigenvalue weighted by atomic mass is 35.5. The van der Waals surface area contributed by atoms with Crippen LogP contribution < -0.4 is 5.32 Å². The summed E-state index contributed by atoms with van der Waals surface area (Å²) < 4.78 is 0. The largest absolute Gasteiger partial charge is 0.336 e. The first-order valence-electron chi connectivity index (χ1n) is 13.5. The molecule has 1 atom stereocenters. The number of hydrogen-bond acceptors (Lipinski definition) is 5. The molecular formula is C31H29ClN4O4. The first-order valence-corrected chi connectivity index (χ1v) is 13.9. The first kappa shape index (κ1) is 26.2. The lowest BCUT2D eigenvalue weighted by atomic mass is 9.99. The molecule has 204 valence electrons. The Bertz CT molecular complexity index is 1500. The van der Waals surface area contributed by atoms with Crippen molar-refractivity contribution in [3.63, 3.8) is 0 Å². The number of hydrogen-bond donors (Lipinski definition) is 1. The van der Waals surface area contributed by atoms with Gasteiger partial charge in [0.2, 0.25) is 11.8 Å². The molecule has 1 unspecified atom stereocenters. The fourth-order valence-electron chi connectivity index (χ4n) is 5.81. The Kier molecular flexibility index (Phi) is 7.12. The van der Waals surface area contributed by atoms with Gasteiger partial charge in [-0.1, -0.05) is 48.0 Å². The predicted molar refractivity (Wildman–Crippen MR) is 151 cm³/mol. The molecule has 0 radical (unpaired) electrons. The molecule has 3 aliphatic heterocycles. The van der Waals surface area contributed by atoms with Gasteiger partial charge >= 0.3 is 0 Å². The maximum absolute atomic E-state index is 13.4. The molecule has 2 saturated heterocycles. The molecule has 3 aromatic rings. The van der Waals surface area contributed by atoms with E-state index in [0.29, 0.717) is 35.7 Å². The van der Waals surface area contributed by atoms with Crippen molar-refractivity contribution in [1.29, 1.82) is 0 Å². The van der Waals surface area contributed by atoms with Crippen LogP contribution in [0.4, 0.5) is 0 Å². The molecule has 1 N–H and O–H groups in total. The van der Waals surface area contributed by atoms with Crippen LogP contribution in [-0.4, -0.2) is 70.5 Å². The number of benzene rings is 3. The summed E-state index contributed by atoms with van der Waals surface area (Å²) in [6, 6.07) is 20.7. The van der Waals surface area contributed by atoms with Crippen LogP contribution in [0, 0.1) is 0 Å². The number of piperidine rings is 1. The quantitative estimate of drug-likeness (QED) is 0.484. The summed E-state index contributed by atoms with van der Waals surface area (Å²) in [4.78, 5) is 55.9. The minimum Gasteiger partial charge on any atom is -0.336 e. The first-order chi connectivity index (χ1) is 19.4. The number of nitrogens with zero attached hydrogens (tertiary/aromatic N) is 3. The summed E-state index contributed by atoms with van der Waals surface area (Å²) in [5.74, 6) is -1.06. The number of carbonyl (C=O) groups is 4. The molecule has 40 heavy (non-hydrogen) atoms. The van der Waals surface area contributed by atoms with E-state index in [1.807, 2.05) is 35.2 Å². The number of amides is 4. The summed E-state index contributed by atoms with van der Waals surface area (Å²) >= 11 is 6.08. The standard InChI is InChI=1S/C31H29ClN4O4/c32-24-8-5-20(6-9-24)25-4-2-1-3-22(25)18-34-13-15-35(16-14-34)30(39)21-7-10-26-23(17-21)19-36(31(26)40)27-11-12-28(37)33-29(27)38/h1-10,17,27H,11-16,18-19H2,(H,33,37,38). The molecule has 0 aliphatic carbocycles. The van der Waals surface area contributed by atoms with E-state index in [2.05, 4.69) is 28.4 Å². The molecule has 6 rings (SSSR count). The highest BCUT2D eigenvalue weighted by Gasteiger charge is 2.39. The number of halogens is 1. The van der Waals surface area contributed by atoms with Crippen LogP contribution in [0.5, 0.6) is 0 Å². The topological polar surface area (TPSA) is 90.0 Å². The van der Waals surface area contributed by atoms with Crippen molar-refractivity contribution in [2.45, 2.75) is 32.0 Å². The van der Waals surface area contributed by atoms with Gasteiger partial charge in [0.1, 0.15) is 6.04 Å². The normalized spacial score (nSPS) is 19.5. The van der Waals surface area contributed by atoms with Crippen molar-refractivity contribution >= 4 is 35.2 Å². The minimum atomic E-state index is -0.672. The molecule has 2 fully saturated rings. The Hall–Kier alpha value is -4.01. The van der Waals surface area contributed by atoms with Gasteiger partial charge in [-0.05, 0) is 59.0 Å². The number of nitrogens with one attached hydrogen (secondary N) is 1. The summed E-state index contributed by atoms with van der Waals surface area (Å²) in [5.41, 5.74) is 5.31. The third-order valence-electron chi connectivity index (χ3n) is 8.00. The van der Waals surface area contributed by atoms with Crippen LogP contribution in [-0.2, 0) is 22.7 Å². The maximum atomic E-state index is 13.4. The van der Waals surface area contributed by atoms with Crippen LogP contribution in [0.2, 0.25) is 5.02 Å². The van der Waals surface area contributed by atoms with E-state index < -0.39 is 11.9 Å². The van der Waals surface area contributed by atoms with Gasteiger partial charge in [-0.15, -0.1) is 0 Å². The monoisotopic (exact) mass is 556 g/mol. The molecule has 3 aromatic carbocycles. The Morgan fingerprint density at radius 1 is 0.900 bits per heavy atom. The molecule has 3 heterocycles. The average molecular weight is 557 g/mol. The third kappa shape index (κ3) is 5.12. The van der Waals surface area contributed by atoms with Crippen LogP contribution in [0.25, 0.3) is 11.1 Å². The molecule has 3 aliphatic rings. The van der Waals surface area contributed by atoms with Crippen molar-refractivity contribution in [1.82, 2.24) is 20.0 Å². The van der Waals surface area contributed by atoms with Crippen LogP contribution >= 0.6 is 11.6 Å². The second kappa shape index (κ2) is 10.9. The van der Waals surface area contributed by atoms with Gasteiger partial charge in [-0.2, -0.15) is 0 Å². The molecule has 8 nitrogen and oxygen atoms in total. The average Bonchev–Trinajstić information content (AvgIpc) is 3.29. The Morgan fingerprint density at radius 2 is 1.65 bits per heavy atom. The van der Waals surface area contributed by atoms with E-state index in [0.717, 1.165) is 30.8 Å². The smallest absolute Gasteiger partial charge is 0.255 e. The van der Waals surface area contributed by atoms with E-state index in [1.165, 1.54) is 16.0 Å². The van der Waals surface area contributed by atoms with Crippen molar-refractivity contribution in [3.8, 4) is 11.1 Å². The van der Waals surface area contributed by atoms with Gasteiger partial charge in [-0.25, -0.2) is 0 Å². The molecule has 0 bridgehead atoms. The highest BCUT2D eigenvalue weighted by Crippen LogP contribution is 2.29. The van der Waals surface area contributed by atoms with Gasteiger partial charge < -0.3 is 9.80 Å². The molecule has 0 saturated carbocycles. The molecule has 0 spiro atoms. The van der Waals surface area contributed by atoms with E-state index in [9.17, 15) is 19.2 Å². The van der Waals surface area contributed by atoms with Crippen LogP contribution in [0.15, 0.2) is 66.7 Å². The number of piperazine rings is 1. The Morgan fingerprint density at radius 3 is 2.40 bits per heavy atom. The minimum absolute atomic E-state index is 0.0593. The summed E-state index contributed by atoms with van der Waals surface area (Å²) in [6.45, 7) is 3.78. The van der Waals surface area contributed by atoms with Gasteiger partial charge in [0, 0.05) is 61.8 Å². The van der Waals surface area contributed by atoms with Crippen LogP contribution in [0.3, 0.4) is 0 Å². The van der Waals surface area contributed by atoms with Gasteiger partial charge in [0.15, 0.2) is 0 Å². The molecule has 9 heteroatoms. The number of rotatable bonds is 5. The molecular weight excluding hydrogens is 528 g/mol. The van der Waals surface area contributed by atoms with E-state index in [-0.39, 0.29) is 30.7 Å². The summed E-state index contributed by atoms with van der Waals surface area (Å²) in [5, 5.41) is 3.03. The lowest BCUT2D eigenvalue weighted by molar-refractivity contribution is -0.136. The fraction of sp³-hybridized carbons (Fsp3) is 0.290. The van der Waals surface area contributed by atoms with Crippen LogP contribution in [0.1, 0.15) is 44.7 Å². The number of fused-ring (bicyclic) bond motifs is 1. The summed E-state index contributed by atoms with van der Waals surface area (Å²) in [7, 11) is 0. The molecule has 0 aromatic heterocycles. The second-order valence-electron chi connectivity index (χ2n) is 10.5. The lowest BCUT2D eigenvalue weighted by Gasteiger charge is -2.35. The molecule has 4 amide bonds. The SMILES string of the molecule is O=C1CCC(N2Cc3cc(C(=O)N4CCN(Cc5ccccc5-c5ccc(Cl)cc5)CC4)ccc3C2=O)C(=O)N1. The van der Waals surface area contributed by atoms with E-state index >= 15 is 0 Å². The lowest BCUT2D eigenvalue weighted by Crippen LogP contribution is -2.52. The maximum Gasteiger partial charge on any atom is 0.255 e. The summed E-state index contributed by atoms with van der Waals surface area (Å²) in [6.07, 6.45) is 0.517. The third-order valence-corrected chi connectivity index (χ3v) is 8.25. The zero-order valence-electron chi connectivity index (χ0n) is 21.9. The number of carbonyl (C=O) groups excluding carboxylic acids is 4. The van der Waals surface area contributed by atoms with E-state index in [1.54, 1.807) is 18.2 Å². The fourth-order valence-corrected chi connectivity index (χ4v) is 5.94. The number of imide groups is 1. The van der Waals surface area contributed by atoms with Gasteiger partial charge in [-0.3, -0.25) is 29.4 Å².